The van der Waals surface area contributed by atoms with Gasteiger partial charge in [-0.25, -0.2) is 0 Å². The van der Waals surface area contributed by atoms with Gasteiger partial charge in [0.1, 0.15) is 0 Å². The molecule has 0 atom stereocenters. The van der Waals surface area contributed by atoms with Crippen LogP contribution in [0.5, 0.6) is 0 Å². The molecule has 0 saturated carbocycles. The molecule has 9 aromatic rings. The Kier molecular flexibility index (Phi) is 19.1. The standard InChI is InChI=1S/C36H36N2.C22H22Cl2N2.C7H7Cl/c1-5-37(6-2)33-21-23-36(24-22-33)38(34-17-13-29(14-18-34)31-11-7-9-27(3)25-31)35-19-15-30(16-20-35)32-12-8-10-28(4)26-32;1-3-25(4-2)19-13-15-22(16-14-19)26(20-9-5-17(23)6-10-20)21-11-7-18(24)8-12-21;1-6-3-2-4-7(8)5-6/h7-26H,5-6H2,1-4H3;5-16H,3-4H2,1-2H3;2-5H,1H3. The van der Waals surface area contributed by atoms with Gasteiger partial charge in [-0.1, -0.05) is 131 Å². The van der Waals surface area contributed by atoms with Gasteiger partial charge in [-0.15, -0.1) is 0 Å². The highest BCUT2D eigenvalue weighted by Gasteiger charge is 2.16. The van der Waals surface area contributed by atoms with Crippen molar-refractivity contribution in [3.8, 4) is 22.3 Å². The maximum atomic E-state index is 6.08. The van der Waals surface area contributed by atoms with Crippen LogP contribution in [0.3, 0.4) is 0 Å². The lowest BCUT2D eigenvalue weighted by Crippen LogP contribution is -2.21. The molecule has 0 radical (unpaired) electrons. The van der Waals surface area contributed by atoms with E-state index in [9.17, 15) is 0 Å². The van der Waals surface area contributed by atoms with Crippen molar-refractivity contribution in [1.82, 2.24) is 0 Å². The van der Waals surface area contributed by atoms with Gasteiger partial charge in [0.2, 0.25) is 0 Å². The second-order valence-corrected chi connectivity index (χ2v) is 18.9. The van der Waals surface area contributed by atoms with Crippen molar-refractivity contribution in [2.45, 2.75) is 48.5 Å². The average molecular weight is 1010 g/mol. The Balaban J connectivity index is 0.000000192. The summed E-state index contributed by atoms with van der Waals surface area (Å²) in [7, 11) is 0. The van der Waals surface area contributed by atoms with Crippen molar-refractivity contribution in [2.75, 3.05) is 45.8 Å². The van der Waals surface area contributed by atoms with Crippen LogP contribution in [0.25, 0.3) is 22.3 Å². The molecule has 0 spiro atoms. The summed E-state index contributed by atoms with van der Waals surface area (Å²) in [5.41, 5.74) is 17.8. The molecular formula is C65H65Cl3N4. The first-order valence-corrected chi connectivity index (χ1v) is 26.0. The van der Waals surface area contributed by atoms with Crippen LogP contribution in [0.1, 0.15) is 44.4 Å². The fraction of sp³-hybridized carbons (Fsp3) is 0.169. The minimum absolute atomic E-state index is 0.724. The molecule has 0 aliphatic carbocycles. The number of benzene rings is 9. The largest absolute Gasteiger partial charge is 0.372 e. The summed E-state index contributed by atoms with van der Waals surface area (Å²) >= 11 is 17.8. The van der Waals surface area contributed by atoms with Gasteiger partial charge in [0, 0.05) is 86.7 Å². The Morgan fingerprint density at radius 1 is 0.264 bits per heavy atom. The van der Waals surface area contributed by atoms with E-state index in [1.165, 1.54) is 50.3 Å². The Labute approximate surface area is 444 Å². The van der Waals surface area contributed by atoms with Crippen molar-refractivity contribution in [3.05, 3.63) is 250 Å². The first kappa shape index (κ1) is 52.9. The van der Waals surface area contributed by atoms with Gasteiger partial charge in [0.15, 0.2) is 0 Å². The van der Waals surface area contributed by atoms with Gasteiger partial charge >= 0.3 is 0 Å². The normalized spacial score (nSPS) is 10.6. The van der Waals surface area contributed by atoms with E-state index in [0.717, 1.165) is 75.4 Å². The number of aryl methyl sites for hydroxylation is 3. The molecule has 0 aliphatic rings. The number of rotatable bonds is 14. The molecule has 0 unspecified atom stereocenters. The first-order valence-electron chi connectivity index (χ1n) is 24.8. The maximum Gasteiger partial charge on any atom is 0.0463 e. The van der Waals surface area contributed by atoms with Crippen LogP contribution in [-0.4, -0.2) is 26.2 Å². The van der Waals surface area contributed by atoms with Gasteiger partial charge in [-0.2, -0.15) is 0 Å². The van der Waals surface area contributed by atoms with Crippen molar-refractivity contribution in [2.24, 2.45) is 0 Å². The van der Waals surface area contributed by atoms with Gasteiger partial charge in [-0.3, -0.25) is 0 Å². The fourth-order valence-corrected chi connectivity index (χ4v) is 9.23. The molecule has 7 heteroatoms. The molecule has 0 amide bonds. The smallest absolute Gasteiger partial charge is 0.0463 e. The quantitative estimate of drug-likeness (QED) is 0.108. The molecule has 0 aliphatic heterocycles. The highest BCUT2D eigenvalue weighted by molar-refractivity contribution is 6.31. The van der Waals surface area contributed by atoms with Gasteiger partial charge in [-0.05, 0) is 210 Å². The molecule has 9 rings (SSSR count). The van der Waals surface area contributed by atoms with E-state index in [-0.39, 0.29) is 0 Å². The van der Waals surface area contributed by atoms with Crippen LogP contribution >= 0.6 is 34.8 Å². The van der Waals surface area contributed by atoms with Crippen molar-refractivity contribution >= 4 is 80.3 Å². The van der Waals surface area contributed by atoms with E-state index in [1.54, 1.807) is 0 Å². The molecular weight excluding hydrogens is 943 g/mol. The average Bonchev–Trinajstić information content (AvgIpc) is 3.40. The number of anilines is 8. The number of hydrogen-bond acceptors (Lipinski definition) is 4. The van der Waals surface area contributed by atoms with Gasteiger partial charge in [0.25, 0.3) is 0 Å². The van der Waals surface area contributed by atoms with Crippen LogP contribution in [0, 0.1) is 20.8 Å². The lowest BCUT2D eigenvalue weighted by molar-refractivity contribution is 0.866. The predicted octanol–water partition coefficient (Wildman–Crippen LogP) is 19.9. The van der Waals surface area contributed by atoms with E-state index < -0.39 is 0 Å². The summed E-state index contributed by atoms with van der Waals surface area (Å²) in [4.78, 5) is 9.24. The Morgan fingerprint density at radius 2 is 0.528 bits per heavy atom. The first-order chi connectivity index (χ1) is 35.0. The van der Waals surface area contributed by atoms with Crippen LogP contribution in [-0.2, 0) is 0 Å². The van der Waals surface area contributed by atoms with Crippen LogP contribution in [0.15, 0.2) is 218 Å². The molecule has 366 valence electrons. The minimum Gasteiger partial charge on any atom is -0.372 e. The Morgan fingerprint density at radius 3 is 0.792 bits per heavy atom. The lowest BCUT2D eigenvalue weighted by Gasteiger charge is -2.27. The van der Waals surface area contributed by atoms with Crippen molar-refractivity contribution < 1.29 is 0 Å². The molecule has 0 saturated heterocycles. The zero-order valence-corrected chi connectivity index (χ0v) is 44.8. The zero-order valence-electron chi connectivity index (χ0n) is 42.5. The van der Waals surface area contributed by atoms with Crippen molar-refractivity contribution in [1.29, 1.82) is 0 Å². The second-order valence-electron chi connectivity index (χ2n) is 17.6. The molecule has 0 N–H and O–H groups in total. The third-order valence-corrected chi connectivity index (χ3v) is 13.3. The summed E-state index contributed by atoms with van der Waals surface area (Å²) < 4.78 is 0. The molecule has 0 heterocycles. The van der Waals surface area contributed by atoms with E-state index in [4.69, 9.17) is 34.8 Å². The van der Waals surface area contributed by atoms with E-state index in [2.05, 4.69) is 207 Å². The van der Waals surface area contributed by atoms with Gasteiger partial charge in [0.05, 0.1) is 0 Å². The van der Waals surface area contributed by atoms with Crippen LogP contribution in [0.2, 0.25) is 15.1 Å². The summed E-state index contributed by atoms with van der Waals surface area (Å²) in [5, 5.41) is 2.26. The summed E-state index contributed by atoms with van der Waals surface area (Å²) in [6.45, 7) is 19.0. The third kappa shape index (κ3) is 14.1. The maximum absolute atomic E-state index is 6.08. The monoisotopic (exact) mass is 1010 g/mol. The number of halogens is 3. The number of hydrogen-bond donors (Lipinski definition) is 0. The minimum atomic E-state index is 0.724. The molecule has 4 nitrogen and oxygen atoms in total. The zero-order chi connectivity index (χ0) is 51.0. The van der Waals surface area contributed by atoms with Crippen LogP contribution < -0.4 is 19.6 Å². The topological polar surface area (TPSA) is 13.0 Å². The fourth-order valence-electron chi connectivity index (χ4n) is 8.74. The Hall–Kier alpha value is -6.95. The molecule has 0 aromatic heterocycles. The lowest BCUT2D eigenvalue weighted by atomic mass is 10.0. The molecule has 0 fully saturated rings. The SMILES string of the molecule is CCN(CC)c1ccc(N(c2ccc(-c3cccc(C)c3)cc2)c2ccc(-c3cccc(C)c3)cc2)cc1.CCN(CC)c1ccc(N(c2ccc(Cl)cc2)c2ccc(Cl)cc2)cc1.Cc1cccc(Cl)c1. The van der Waals surface area contributed by atoms with Crippen molar-refractivity contribution in [3.63, 3.8) is 0 Å². The van der Waals surface area contributed by atoms with Gasteiger partial charge < -0.3 is 19.6 Å². The predicted molar refractivity (Wildman–Crippen MR) is 316 cm³/mol. The van der Waals surface area contributed by atoms with Crippen LogP contribution in [0.4, 0.5) is 45.5 Å². The van der Waals surface area contributed by atoms with E-state index in [0.29, 0.717) is 0 Å². The highest BCUT2D eigenvalue weighted by Crippen LogP contribution is 2.39. The highest BCUT2D eigenvalue weighted by atomic mass is 35.5. The Bertz CT molecular complexity index is 2900. The summed E-state index contributed by atoms with van der Waals surface area (Å²) in [6, 6.07) is 76.2. The number of nitrogens with zero attached hydrogens (tertiary/aromatic N) is 4. The molecule has 9 aromatic carbocycles. The van der Waals surface area contributed by atoms with E-state index >= 15 is 0 Å². The third-order valence-electron chi connectivity index (χ3n) is 12.6. The second kappa shape index (κ2) is 26.0. The summed E-state index contributed by atoms with van der Waals surface area (Å²) in [5.74, 6) is 0. The van der Waals surface area contributed by atoms with E-state index in [1.807, 2.05) is 79.7 Å². The molecule has 72 heavy (non-hydrogen) atoms. The molecule has 0 bridgehead atoms. The summed E-state index contributed by atoms with van der Waals surface area (Å²) in [6.07, 6.45) is 0.